The van der Waals surface area contributed by atoms with Crippen molar-refractivity contribution in [3.8, 4) is 0 Å². The van der Waals surface area contributed by atoms with Crippen molar-refractivity contribution in [3.63, 3.8) is 0 Å². The number of rotatable bonds is 3. The van der Waals surface area contributed by atoms with E-state index in [-0.39, 0.29) is 5.91 Å². The van der Waals surface area contributed by atoms with Crippen molar-refractivity contribution in [2.24, 2.45) is 0 Å². The molecule has 0 aromatic carbocycles. The minimum absolute atomic E-state index is 0.365. The first-order valence-electron chi connectivity index (χ1n) is 6.61. The smallest absolute Gasteiger partial charge is 0.329 e. The van der Waals surface area contributed by atoms with Crippen molar-refractivity contribution >= 4 is 11.9 Å². The number of hydrogen-bond donors (Lipinski definition) is 3. The van der Waals surface area contributed by atoms with E-state index in [9.17, 15) is 14.7 Å². The molecule has 3 N–H and O–H groups in total. The maximum atomic E-state index is 12.2. The van der Waals surface area contributed by atoms with E-state index >= 15 is 0 Å². The Hall–Kier alpha value is -1.85. The first-order valence-corrected chi connectivity index (χ1v) is 6.61. The zero-order chi connectivity index (χ0) is 13.9. The first-order chi connectivity index (χ1) is 9.05. The molecule has 0 saturated heterocycles. The molecule has 1 amide bonds. The van der Waals surface area contributed by atoms with Gasteiger partial charge in [-0.15, -0.1) is 0 Å². The van der Waals surface area contributed by atoms with Crippen LogP contribution >= 0.6 is 0 Å². The van der Waals surface area contributed by atoms with Gasteiger partial charge in [0.2, 0.25) is 0 Å². The molecule has 1 aromatic rings. The molecule has 0 bridgehead atoms. The molecule has 1 aromatic heterocycles. The van der Waals surface area contributed by atoms with E-state index in [1.54, 1.807) is 6.92 Å². The largest absolute Gasteiger partial charge is 0.480 e. The second-order valence-electron chi connectivity index (χ2n) is 5.16. The van der Waals surface area contributed by atoms with E-state index in [0.717, 1.165) is 25.7 Å². The van der Waals surface area contributed by atoms with Gasteiger partial charge in [0, 0.05) is 5.69 Å². The maximum Gasteiger partial charge on any atom is 0.329 e. The summed E-state index contributed by atoms with van der Waals surface area (Å²) in [7, 11) is 0. The van der Waals surface area contributed by atoms with Gasteiger partial charge >= 0.3 is 5.97 Å². The second kappa shape index (κ2) is 5.42. The summed E-state index contributed by atoms with van der Waals surface area (Å²) in [6.07, 6.45) is 6.12. The lowest BCUT2D eigenvalue weighted by molar-refractivity contribution is -0.145. The van der Waals surface area contributed by atoms with Crippen LogP contribution in [0.1, 0.15) is 54.6 Å². The lowest BCUT2D eigenvalue weighted by Gasteiger charge is -2.29. The third-order valence-corrected chi connectivity index (χ3v) is 3.79. The highest BCUT2D eigenvalue weighted by Gasteiger charge is 2.40. The van der Waals surface area contributed by atoms with Crippen LogP contribution in [0.25, 0.3) is 0 Å². The molecule has 1 aliphatic rings. The van der Waals surface area contributed by atoms with Crippen molar-refractivity contribution in [2.75, 3.05) is 0 Å². The number of amides is 1. The molecule has 0 radical (unpaired) electrons. The summed E-state index contributed by atoms with van der Waals surface area (Å²) in [6, 6.07) is 0. The standard InChI is InChI=1S/C13H19N3O3/c1-9-10(8-14-16-9)11(17)15-13(12(18)19)6-4-2-3-5-7-13/h8H,2-7H2,1H3,(H,14,16)(H,15,17)(H,18,19). The van der Waals surface area contributed by atoms with Crippen molar-refractivity contribution in [1.29, 1.82) is 0 Å². The van der Waals surface area contributed by atoms with Crippen LogP contribution in [0.2, 0.25) is 0 Å². The molecule has 1 aliphatic carbocycles. The Morgan fingerprint density at radius 2 is 1.95 bits per heavy atom. The summed E-state index contributed by atoms with van der Waals surface area (Å²) >= 11 is 0. The van der Waals surface area contributed by atoms with Crippen molar-refractivity contribution in [3.05, 3.63) is 17.5 Å². The van der Waals surface area contributed by atoms with Crippen LogP contribution in [-0.2, 0) is 4.79 Å². The van der Waals surface area contributed by atoms with Gasteiger partial charge in [-0.25, -0.2) is 4.79 Å². The SMILES string of the molecule is Cc1[nH]ncc1C(=O)NC1(C(=O)O)CCCCCC1. The average molecular weight is 265 g/mol. The second-order valence-corrected chi connectivity index (χ2v) is 5.16. The van der Waals surface area contributed by atoms with Crippen LogP contribution in [0.15, 0.2) is 6.20 Å². The minimum Gasteiger partial charge on any atom is -0.480 e. The summed E-state index contributed by atoms with van der Waals surface area (Å²) in [5.41, 5.74) is -0.0753. The number of aliphatic carboxylic acids is 1. The number of carboxylic acid groups (broad SMARTS) is 1. The number of carbonyl (C=O) groups is 2. The number of nitrogens with zero attached hydrogens (tertiary/aromatic N) is 1. The molecule has 104 valence electrons. The third kappa shape index (κ3) is 2.77. The van der Waals surface area contributed by atoms with E-state index in [0.29, 0.717) is 24.1 Å². The maximum absolute atomic E-state index is 12.2. The van der Waals surface area contributed by atoms with Crippen LogP contribution in [0, 0.1) is 6.92 Å². The van der Waals surface area contributed by atoms with E-state index < -0.39 is 11.5 Å². The monoisotopic (exact) mass is 265 g/mol. The van der Waals surface area contributed by atoms with Gasteiger partial charge in [0.25, 0.3) is 5.91 Å². The summed E-state index contributed by atoms with van der Waals surface area (Å²) in [5.74, 6) is -1.31. The zero-order valence-corrected chi connectivity index (χ0v) is 11.0. The highest BCUT2D eigenvalue weighted by molar-refractivity contribution is 5.98. The Morgan fingerprint density at radius 3 is 2.42 bits per heavy atom. The van der Waals surface area contributed by atoms with Crippen LogP contribution in [0.4, 0.5) is 0 Å². The normalized spacial score (nSPS) is 18.6. The molecule has 1 saturated carbocycles. The number of hydrogen-bond acceptors (Lipinski definition) is 3. The van der Waals surface area contributed by atoms with Crippen molar-refractivity contribution < 1.29 is 14.7 Å². The lowest BCUT2D eigenvalue weighted by Crippen LogP contribution is -2.54. The van der Waals surface area contributed by atoms with Gasteiger partial charge in [0.1, 0.15) is 5.54 Å². The molecule has 1 heterocycles. The first kappa shape index (κ1) is 13.6. The Bertz CT molecular complexity index is 473. The number of H-pyrrole nitrogens is 1. The van der Waals surface area contributed by atoms with Crippen LogP contribution < -0.4 is 5.32 Å². The van der Waals surface area contributed by atoms with Gasteiger partial charge < -0.3 is 10.4 Å². The predicted molar refractivity (Wildman–Crippen MR) is 68.9 cm³/mol. The van der Waals surface area contributed by atoms with Gasteiger partial charge in [0.05, 0.1) is 11.8 Å². The number of carboxylic acids is 1. The van der Waals surface area contributed by atoms with Crippen LogP contribution in [0.3, 0.4) is 0 Å². The van der Waals surface area contributed by atoms with Crippen LogP contribution in [0.5, 0.6) is 0 Å². The number of aromatic nitrogens is 2. The molecular formula is C13H19N3O3. The average Bonchev–Trinajstić information content (AvgIpc) is 2.64. The zero-order valence-electron chi connectivity index (χ0n) is 11.0. The summed E-state index contributed by atoms with van der Waals surface area (Å²) in [5, 5.41) is 18.7. The highest BCUT2D eigenvalue weighted by Crippen LogP contribution is 2.28. The molecule has 0 unspecified atom stereocenters. The van der Waals surface area contributed by atoms with Crippen LogP contribution in [-0.4, -0.2) is 32.7 Å². The van der Waals surface area contributed by atoms with Gasteiger partial charge in [0.15, 0.2) is 0 Å². The molecule has 0 spiro atoms. The lowest BCUT2D eigenvalue weighted by atomic mass is 9.90. The molecule has 2 rings (SSSR count). The molecule has 0 aliphatic heterocycles. The van der Waals surface area contributed by atoms with Gasteiger partial charge in [-0.1, -0.05) is 25.7 Å². The third-order valence-electron chi connectivity index (χ3n) is 3.79. The molecule has 0 atom stereocenters. The number of aryl methyl sites for hydroxylation is 1. The topological polar surface area (TPSA) is 95.1 Å². The predicted octanol–water partition coefficient (Wildman–Crippen LogP) is 1.63. The van der Waals surface area contributed by atoms with E-state index in [1.807, 2.05) is 0 Å². The Balaban J connectivity index is 2.19. The molecule has 6 nitrogen and oxygen atoms in total. The van der Waals surface area contributed by atoms with Gasteiger partial charge in [-0.2, -0.15) is 5.10 Å². The van der Waals surface area contributed by atoms with E-state index in [1.165, 1.54) is 6.20 Å². The van der Waals surface area contributed by atoms with Gasteiger partial charge in [-0.05, 0) is 19.8 Å². The number of nitrogens with one attached hydrogen (secondary N) is 2. The Kier molecular flexibility index (Phi) is 3.87. The molecule has 6 heteroatoms. The fourth-order valence-electron chi connectivity index (χ4n) is 2.59. The minimum atomic E-state index is -1.13. The van der Waals surface area contributed by atoms with E-state index in [4.69, 9.17) is 0 Å². The Labute approximate surface area is 111 Å². The number of carbonyl (C=O) groups excluding carboxylic acids is 1. The molecular weight excluding hydrogens is 246 g/mol. The molecule has 19 heavy (non-hydrogen) atoms. The van der Waals surface area contributed by atoms with Gasteiger partial charge in [-0.3, -0.25) is 9.89 Å². The fraction of sp³-hybridized carbons (Fsp3) is 0.615. The van der Waals surface area contributed by atoms with E-state index in [2.05, 4.69) is 15.5 Å². The fourth-order valence-corrected chi connectivity index (χ4v) is 2.59. The Morgan fingerprint density at radius 1 is 1.32 bits per heavy atom. The molecule has 1 fully saturated rings. The summed E-state index contributed by atoms with van der Waals surface area (Å²) in [6.45, 7) is 1.74. The highest BCUT2D eigenvalue weighted by atomic mass is 16.4. The van der Waals surface area contributed by atoms with Crippen molar-refractivity contribution in [1.82, 2.24) is 15.5 Å². The summed E-state index contributed by atoms with van der Waals surface area (Å²) < 4.78 is 0. The summed E-state index contributed by atoms with van der Waals surface area (Å²) in [4.78, 5) is 23.8. The quantitative estimate of drug-likeness (QED) is 0.724. The van der Waals surface area contributed by atoms with Crippen molar-refractivity contribution in [2.45, 2.75) is 51.0 Å². The number of aromatic amines is 1.